The van der Waals surface area contributed by atoms with Crippen molar-refractivity contribution in [2.45, 2.75) is 25.7 Å². The summed E-state index contributed by atoms with van der Waals surface area (Å²) in [7, 11) is 0. The second-order valence-corrected chi connectivity index (χ2v) is 6.43. The number of hydrogen-bond acceptors (Lipinski definition) is 1. The zero-order valence-electron chi connectivity index (χ0n) is 12.0. The molecule has 2 heteroatoms. The third-order valence-corrected chi connectivity index (χ3v) is 4.76. The molecule has 1 aromatic heterocycles. The van der Waals surface area contributed by atoms with Crippen LogP contribution in [0.25, 0.3) is 11.0 Å². The van der Waals surface area contributed by atoms with Crippen molar-refractivity contribution in [3.63, 3.8) is 0 Å². The zero-order valence-corrected chi connectivity index (χ0v) is 12.0. The van der Waals surface area contributed by atoms with Crippen LogP contribution in [0.15, 0.2) is 59.2 Å². The van der Waals surface area contributed by atoms with E-state index in [2.05, 4.69) is 25.1 Å². The number of benzene rings is 2. The monoisotopic (exact) mass is 280 g/mol. The van der Waals surface area contributed by atoms with Crippen LogP contribution in [0, 0.1) is 11.2 Å². The molecule has 2 unspecified atom stereocenters. The molecule has 3 aromatic rings. The third-order valence-electron chi connectivity index (χ3n) is 4.76. The molecule has 0 N–H and O–H groups in total. The van der Waals surface area contributed by atoms with Crippen molar-refractivity contribution < 1.29 is 8.81 Å². The first-order valence-corrected chi connectivity index (χ1v) is 7.36. The molecular formula is C19H17FO. The molecule has 0 bridgehead atoms. The molecule has 1 fully saturated rings. The van der Waals surface area contributed by atoms with Crippen molar-refractivity contribution in [1.29, 1.82) is 0 Å². The molecule has 1 nitrogen and oxygen atoms in total. The summed E-state index contributed by atoms with van der Waals surface area (Å²) in [6.45, 7) is 2.31. The summed E-state index contributed by atoms with van der Waals surface area (Å²) in [5.74, 6) is 0.400. The maximum Gasteiger partial charge on any atom is 0.134 e. The van der Waals surface area contributed by atoms with Crippen molar-refractivity contribution in [2.24, 2.45) is 5.41 Å². The summed E-state index contributed by atoms with van der Waals surface area (Å²) < 4.78 is 18.5. The van der Waals surface area contributed by atoms with E-state index < -0.39 is 0 Å². The topological polar surface area (TPSA) is 13.1 Å². The molecule has 106 valence electrons. The minimum absolute atomic E-state index is 0.167. The Kier molecular flexibility index (Phi) is 2.68. The lowest BCUT2D eigenvalue weighted by molar-refractivity contribution is 0.544. The average Bonchev–Trinajstić information content (AvgIpc) is 2.94. The van der Waals surface area contributed by atoms with Gasteiger partial charge in [0.2, 0.25) is 0 Å². The van der Waals surface area contributed by atoms with Gasteiger partial charge in [-0.25, -0.2) is 4.39 Å². The second-order valence-electron chi connectivity index (χ2n) is 6.43. The van der Waals surface area contributed by atoms with Gasteiger partial charge in [0.05, 0.1) is 6.26 Å². The van der Waals surface area contributed by atoms with Gasteiger partial charge in [0, 0.05) is 5.39 Å². The largest absolute Gasteiger partial charge is 0.464 e. The van der Waals surface area contributed by atoms with E-state index in [1.54, 1.807) is 18.4 Å². The molecule has 0 spiro atoms. The van der Waals surface area contributed by atoms with Crippen molar-refractivity contribution in [1.82, 2.24) is 0 Å². The van der Waals surface area contributed by atoms with E-state index in [-0.39, 0.29) is 11.2 Å². The van der Waals surface area contributed by atoms with Gasteiger partial charge in [0.1, 0.15) is 11.4 Å². The Labute approximate surface area is 123 Å². The van der Waals surface area contributed by atoms with Crippen LogP contribution in [-0.2, 0) is 6.42 Å². The molecule has 1 aliphatic carbocycles. The number of halogens is 1. The van der Waals surface area contributed by atoms with Crippen LogP contribution in [0.3, 0.4) is 0 Å². The molecule has 0 aliphatic heterocycles. The highest BCUT2D eigenvalue weighted by Gasteiger charge is 2.50. The number of hydrogen-bond donors (Lipinski definition) is 0. The van der Waals surface area contributed by atoms with Crippen LogP contribution >= 0.6 is 0 Å². The van der Waals surface area contributed by atoms with E-state index in [1.165, 1.54) is 17.5 Å². The highest BCUT2D eigenvalue weighted by molar-refractivity contribution is 5.78. The van der Waals surface area contributed by atoms with Crippen LogP contribution in [0.1, 0.15) is 30.4 Å². The molecule has 1 aliphatic rings. The smallest absolute Gasteiger partial charge is 0.134 e. The van der Waals surface area contributed by atoms with Gasteiger partial charge in [0.25, 0.3) is 0 Å². The fraction of sp³-hybridized carbons (Fsp3) is 0.263. The van der Waals surface area contributed by atoms with Gasteiger partial charge in [-0.05, 0) is 59.6 Å². The van der Waals surface area contributed by atoms with Crippen LogP contribution in [-0.4, -0.2) is 0 Å². The maximum absolute atomic E-state index is 13.0. The predicted octanol–water partition coefficient (Wildman–Crippen LogP) is 5.31. The Morgan fingerprint density at radius 1 is 1.14 bits per heavy atom. The van der Waals surface area contributed by atoms with Gasteiger partial charge in [-0.3, -0.25) is 0 Å². The summed E-state index contributed by atoms with van der Waals surface area (Å²) in [6.07, 6.45) is 3.91. The number of fused-ring (bicyclic) bond motifs is 1. The first kappa shape index (κ1) is 12.6. The van der Waals surface area contributed by atoms with Crippen molar-refractivity contribution in [2.75, 3.05) is 0 Å². The predicted molar refractivity (Wildman–Crippen MR) is 81.8 cm³/mol. The van der Waals surface area contributed by atoms with Gasteiger partial charge >= 0.3 is 0 Å². The fourth-order valence-electron chi connectivity index (χ4n) is 3.38. The van der Waals surface area contributed by atoms with Crippen LogP contribution < -0.4 is 0 Å². The molecule has 4 rings (SSSR count). The van der Waals surface area contributed by atoms with Gasteiger partial charge in [-0.2, -0.15) is 0 Å². The molecule has 1 heterocycles. The van der Waals surface area contributed by atoms with Crippen molar-refractivity contribution >= 4 is 11.0 Å². The molecule has 2 aromatic carbocycles. The minimum atomic E-state index is -0.167. The molecule has 2 atom stereocenters. The Morgan fingerprint density at radius 2 is 1.95 bits per heavy atom. The lowest BCUT2D eigenvalue weighted by Gasteiger charge is -2.11. The molecule has 1 saturated carbocycles. The third kappa shape index (κ3) is 2.25. The van der Waals surface area contributed by atoms with Gasteiger partial charge in [-0.15, -0.1) is 0 Å². The zero-order chi connectivity index (χ0) is 14.4. The van der Waals surface area contributed by atoms with Crippen molar-refractivity contribution in [3.8, 4) is 0 Å². The molecule has 0 saturated heterocycles. The molecule has 0 amide bonds. The lowest BCUT2D eigenvalue weighted by Crippen LogP contribution is -2.02. The highest BCUT2D eigenvalue weighted by Crippen LogP contribution is 2.60. The van der Waals surface area contributed by atoms with E-state index in [9.17, 15) is 4.39 Å². The minimum Gasteiger partial charge on any atom is -0.464 e. The average molecular weight is 280 g/mol. The van der Waals surface area contributed by atoms with Crippen LogP contribution in [0.5, 0.6) is 0 Å². The number of rotatable bonds is 3. The second kappa shape index (κ2) is 4.45. The summed E-state index contributed by atoms with van der Waals surface area (Å²) in [4.78, 5) is 0. The molecule has 0 radical (unpaired) electrons. The quantitative estimate of drug-likeness (QED) is 0.634. The standard InChI is InChI=1S/C19H17FO/c1-19(11-13-2-6-16(20)7-3-13)12-17(19)15-5-4-14-8-9-21-18(14)10-15/h2-10,17H,11-12H2,1H3. The SMILES string of the molecule is CC1(Cc2ccc(F)cc2)CC1c1ccc2ccoc2c1. The van der Waals surface area contributed by atoms with Gasteiger partial charge < -0.3 is 4.42 Å². The first-order valence-electron chi connectivity index (χ1n) is 7.36. The molecular weight excluding hydrogens is 263 g/mol. The van der Waals surface area contributed by atoms with E-state index >= 15 is 0 Å². The van der Waals surface area contributed by atoms with E-state index in [1.807, 2.05) is 18.2 Å². The Balaban J connectivity index is 1.56. The van der Waals surface area contributed by atoms with Gasteiger partial charge in [-0.1, -0.05) is 31.2 Å². The van der Waals surface area contributed by atoms with Crippen molar-refractivity contribution in [3.05, 3.63) is 71.7 Å². The summed E-state index contributed by atoms with van der Waals surface area (Å²) in [6, 6.07) is 15.4. The first-order chi connectivity index (χ1) is 10.1. The summed E-state index contributed by atoms with van der Waals surface area (Å²) in [5, 5.41) is 1.15. The highest BCUT2D eigenvalue weighted by atomic mass is 19.1. The van der Waals surface area contributed by atoms with E-state index in [0.717, 1.165) is 17.4 Å². The maximum atomic E-state index is 13.0. The number of furan rings is 1. The van der Waals surface area contributed by atoms with Gasteiger partial charge in [0.15, 0.2) is 0 Å². The Bertz CT molecular complexity index is 787. The van der Waals surface area contributed by atoms with E-state index in [0.29, 0.717) is 5.92 Å². The van der Waals surface area contributed by atoms with Crippen LogP contribution in [0.4, 0.5) is 4.39 Å². The summed E-state index contributed by atoms with van der Waals surface area (Å²) >= 11 is 0. The Hall–Kier alpha value is -2.09. The molecule has 21 heavy (non-hydrogen) atoms. The lowest BCUT2D eigenvalue weighted by atomic mass is 9.93. The van der Waals surface area contributed by atoms with E-state index in [4.69, 9.17) is 4.42 Å². The van der Waals surface area contributed by atoms with Crippen LogP contribution in [0.2, 0.25) is 0 Å². The normalized spacial score (nSPS) is 24.4. The summed E-state index contributed by atoms with van der Waals surface area (Å²) in [5.41, 5.74) is 3.80. The fourth-order valence-corrected chi connectivity index (χ4v) is 3.38. The Morgan fingerprint density at radius 3 is 2.76 bits per heavy atom.